The number of carbonyl (C=O) groups is 2. The molecule has 0 saturated carbocycles. The van der Waals surface area contributed by atoms with Gasteiger partial charge in [-0.3, -0.25) is 9.59 Å². The molecule has 0 aromatic heterocycles. The lowest BCUT2D eigenvalue weighted by atomic mass is 9.74. The Hall–Kier alpha value is -1.06. The molecule has 0 aromatic rings. The fraction of sp³-hybridized carbons (Fsp3) is 0.833. The number of carboxylic acid groups (broad SMARTS) is 2. The van der Waals surface area contributed by atoms with Crippen molar-refractivity contribution in [2.75, 3.05) is 0 Å². The molecular weight excluding hydrogens is 208 g/mol. The Labute approximate surface area is 96.7 Å². The fourth-order valence-electron chi connectivity index (χ4n) is 2.17. The van der Waals surface area contributed by atoms with Gasteiger partial charge in [0.05, 0.1) is 0 Å². The van der Waals surface area contributed by atoms with Crippen molar-refractivity contribution in [3.8, 4) is 0 Å². The Kier molecular flexibility index (Phi) is 6.08. The molecule has 0 spiro atoms. The molecule has 0 aromatic carbocycles. The molecule has 4 heteroatoms. The number of rotatable bonds is 7. The summed E-state index contributed by atoms with van der Waals surface area (Å²) in [5, 5.41) is 17.7. The smallest absolute Gasteiger partial charge is 0.303 e. The van der Waals surface area contributed by atoms with Crippen LogP contribution >= 0.6 is 0 Å². The highest BCUT2D eigenvalue weighted by molar-refractivity contribution is 5.68. The van der Waals surface area contributed by atoms with E-state index in [1.54, 1.807) is 0 Å². The Morgan fingerprint density at radius 3 is 1.19 bits per heavy atom. The predicted molar refractivity (Wildman–Crippen MR) is 61.2 cm³/mol. The van der Waals surface area contributed by atoms with E-state index in [1.807, 2.05) is 27.7 Å². The summed E-state index contributed by atoms with van der Waals surface area (Å²) in [6, 6.07) is 0. The van der Waals surface area contributed by atoms with Crippen molar-refractivity contribution in [1.82, 2.24) is 0 Å². The molecular formula is C12H22O4. The van der Waals surface area contributed by atoms with E-state index in [1.165, 1.54) is 0 Å². The molecule has 0 rings (SSSR count). The van der Waals surface area contributed by atoms with Crippen molar-refractivity contribution < 1.29 is 19.8 Å². The van der Waals surface area contributed by atoms with Crippen LogP contribution in [0.15, 0.2) is 0 Å². The average Bonchev–Trinajstić information content (AvgIpc) is 2.09. The molecule has 16 heavy (non-hydrogen) atoms. The minimum atomic E-state index is -0.852. The van der Waals surface area contributed by atoms with Crippen LogP contribution in [-0.4, -0.2) is 22.2 Å². The highest BCUT2D eigenvalue weighted by Crippen LogP contribution is 2.32. The van der Waals surface area contributed by atoms with Gasteiger partial charge in [-0.25, -0.2) is 0 Å². The lowest BCUT2D eigenvalue weighted by molar-refractivity contribution is -0.143. The summed E-state index contributed by atoms with van der Waals surface area (Å²) in [4.78, 5) is 21.6. The van der Waals surface area contributed by atoms with Gasteiger partial charge in [0.25, 0.3) is 0 Å². The monoisotopic (exact) mass is 230 g/mol. The van der Waals surface area contributed by atoms with Gasteiger partial charge in [-0.1, -0.05) is 27.7 Å². The van der Waals surface area contributed by atoms with E-state index in [-0.39, 0.29) is 36.5 Å². The van der Waals surface area contributed by atoms with Gasteiger partial charge in [0, 0.05) is 12.8 Å². The molecule has 0 aliphatic heterocycles. The van der Waals surface area contributed by atoms with E-state index >= 15 is 0 Å². The van der Waals surface area contributed by atoms with Crippen LogP contribution in [-0.2, 0) is 9.59 Å². The first-order valence-electron chi connectivity index (χ1n) is 5.69. The summed E-state index contributed by atoms with van der Waals surface area (Å²) in [6.07, 6.45) is 0.0988. The molecule has 0 fully saturated rings. The minimum absolute atomic E-state index is 0.0494. The molecule has 4 nitrogen and oxygen atoms in total. The zero-order valence-corrected chi connectivity index (χ0v) is 10.4. The average molecular weight is 230 g/mol. The summed E-state index contributed by atoms with van der Waals surface area (Å²) in [7, 11) is 0. The van der Waals surface area contributed by atoms with Crippen molar-refractivity contribution in [3.05, 3.63) is 0 Å². The highest BCUT2D eigenvalue weighted by Gasteiger charge is 2.30. The normalized spacial score (nSPS) is 15.1. The molecule has 0 radical (unpaired) electrons. The Balaban J connectivity index is 4.79. The maximum absolute atomic E-state index is 10.8. The van der Waals surface area contributed by atoms with Gasteiger partial charge in [-0.05, 0) is 23.7 Å². The van der Waals surface area contributed by atoms with E-state index < -0.39 is 11.9 Å². The van der Waals surface area contributed by atoms with Crippen LogP contribution < -0.4 is 0 Å². The number of aliphatic carboxylic acids is 2. The Morgan fingerprint density at radius 2 is 1.06 bits per heavy atom. The molecule has 0 aliphatic rings. The first-order chi connectivity index (χ1) is 7.25. The van der Waals surface area contributed by atoms with Crippen LogP contribution in [0.5, 0.6) is 0 Å². The molecule has 0 saturated heterocycles. The van der Waals surface area contributed by atoms with Gasteiger partial charge in [-0.15, -0.1) is 0 Å². The second-order valence-corrected chi connectivity index (χ2v) is 5.01. The van der Waals surface area contributed by atoms with Crippen LogP contribution in [0, 0.1) is 23.7 Å². The summed E-state index contributed by atoms with van der Waals surface area (Å²) in [5.74, 6) is -1.49. The lowest BCUT2D eigenvalue weighted by Crippen LogP contribution is -2.29. The maximum Gasteiger partial charge on any atom is 0.303 e. The van der Waals surface area contributed by atoms with Gasteiger partial charge in [0.1, 0.15) is 0 Å². The summed E-state index contributed by atoms with van der Waals surface area (Å²) < 4.78 is 0. The van der Waals surface area contributed by atoms with E-state index in [4.69, 9.17) is 10.2 Å². The van der Waals surface area contributed by atoms with E-state index in [0.29, 0.717) is 0 Å². The Morgan fingerprint density at radius 1 is 0.812 bits per heavy atom. The zero-order chi connectivity index (χ0) is 12.9. The second kappa shape index (κ2) is 6.51. The third kappa shape index (κ3) is 5.14. The van der Waals surface area contributed by atoms with E-state index in [0.717, 1.165) is 0 Å². The van der Waals surface area contributed by atoms with E-state index in [2.05, 4.69) is 0 Å². The standard InChI is InChI=1S/C12H22O4/c1-7(2)9(5-11(13)14)10(8(3)4)6-12(15)16/h7-10H,5-6H2,1-4H3,(H,13,14)(H,15,16)/t9-,10-/m1/s1. The van der Waals surface area contributed by atoms with Gasteiger partial charge in [0.2, 0.25) is 0 Å². The van der Waals surface area contributed by atoms with Gasteiger partial charge < -0.3 is 10.2 Å². The third-order valence-corrected chi connectivity index (χ3v) is 3.08. The number of hydrogen-bond acceptors (Lipinski definition) is 2. The van der Waals surface area contributed by atoms with Gasteiger partial charge in [0.15, 0.2) is 0 Å². The number of hydrogen-bond donors (Lipinski definition) is 2. The van der Waals surface area contributed by atoms with Crippen LogP contribution in [0.1, 0.15) is 40.5 Å². The quantitative estimate of drug-likeness (QED) is 0.704. The molecule has 0 amide bonds. The largest absolute Gasteiger partial charge is 0.481 e. The van der Waals surface area contributed by atoms with Crippen LogP contribution in [0.2, 0.25) is 0 Å². The first kappa shape index (κ1) is 14.9. The van der Waals surface area contributed by atoms with Crippen molar-refractivity contribution >= 4 is 11.9 Å². The highest BCUT2D eigenvalue weighted by atomic mass is 16.4. The van der Waals surface area contributed by atoms with Crippen molar-refractivity contribution in [2.45, 2.75) is 40.5 Å². The molecule has 0 unspecified atom stereocenters. The van der Waals surface area contributed by atoms with E-state index in [9.17, 15) is 9.59 Å². The number of carboxylic acids is 2. The van der Waals surface area contributed by atoms with Crippen molar-refractivity contribution in [2.24, 2.45) is 23.7 Å². The SMILES string of the molecule is CC(C)[C@@H](CC(=O)O)[C@H](CC(=O)O)C(C)C. The first-order valence-corrected chi connectivity index (χ1v) is 5.69. The molecule has 0 aliphatic carbocycles. The Bertz CT molecular complexity index is 219. The lowest BCUT2D eigenvalue weighted by Gasteiger charge is -2.31. The molecule has 0 bridgehead atoms. The van der Waals surface area contributed by atoms with Crippen LogP contribution in [0.25, 0.3) is 0 Å². The van der Waals surface area contributed by atoms with Crippen LogP contribution in [0.3, 0.4) is 0 Å². The molecule has 2 N–H and O–H groups in total. The van der Waals surface area contributed by atoms with Crippen molar-refractivity contribution in [3.63, 3.8) is 0 Å². The summed E-state index contributed by atoms with van der Waals surface area (Å²) in [6.45, 7) is 7.80. The zero-order valence-electron chi connectivity index (χ0n) is 10.4. The predicted octanol–water partition coefficient (Wildman–Crippen LogP) is 2.48. The fourth-order valence-corrected chi connectivity index (χ4v) is 2.17. The summed E-state index contributed by atoms with van der Waals surface area (Å²) >= 11 is 0. The molecule has 2 atom stereocenters. The third-order valence-electron chi connectivity index (χ3n) is 3.08. The summed E-state index contributed by atoms with van der Waals surface area (Å²) in [5.41, 5.74) is 0. The second-order valence-electron chi connectivity index (χ2n) is 5.01. The van der Waals surface area contributed by atoms with Crippen molar-refractivity contribution in [1.29, 1.82) is 0 Å². The van der Waals surface area contributed by atoms with Gasteiger partial charge >= 0.3 is 11.9 Å². The minimum Gasteiger partial charge on any atom is -0.481 e. The van der Waals surface area contributed by atoms with Crippen LogP contribution in [0.4, 0.5) is 0 Å². The molecule has 0 heterocycles. The maximum atomic E-state index is 10.8. The van der Waals surface area contributed by atoms with Gasteiger partial charge in [-0.2, -0.15) is 0 Å². The molecule has 94 valence electrons. The topological polar surface area (TPSA) is 74.6 Å².